The van der Waals surface area contributed by atoms with Crippen LogP contribution in [0.1, 0.15) is 6.42 Å². The third-order valence-corrected chi connectivity index (χ3v) is 4.98. The summed E-state index contributed by atoms with van der Waals surface area (Å²) in [4.78, 5) is 0.151. The van der Waals surface area contributed by atoms with Crippen molar-refractivity contribution in [2.24, 2.45) is 5.92 Å². The molecule has 1 aliphatic rings. The first kappa shape index (κ1) is 12.3. The summed E-state index contributed by atoms with van der Waals surface area (Å²) in [5, 5.41) is 9.03. The molecule has 17 heavy (non-hydrogen) atoms. The molecule has 1 aromatic rings. The van der Waals surface area contributed by atoms with Crippen LogP contribution in [0.2, 0.25) is 0 Å². The van der Waals surface area contributed by atoms with Crippen LogP contribution in [0.15, 0.2) is 29.2 Å². The van der Waals surface area contributed by atoms with Gasteiger partial charge in [0.1, 0.15) is 4.90 Å². The van der Waals surface area contributed by atoms with Crippen LogP contribution in [-0.4, -0.2) is 37.5 Å². The highest BCUT2D eigenvalue weighted by Gasteiger charge is 2.32. The second kappa shape index (κ2) is 4.64. The molecule has 1 aromatic carbocycles. The van der Waals surface area contributed by atoms with Crippen LogP contribution in [0, 0.1) is 5.92 Å². The number of hydrogen-bond donors (Lipinski definition) is 2. The van der Waals surface area contributed by atoms with Crippen molar-refractivity contribution in [2.45, 2.75) is 11.3 Å². The second-order valence-corrected chi connectivity index (χ2v) is 6.14. The van der Waals surface area contributed by atoms with E-state index in [1.807, 2.05) is 0 Å². The van der Waals surface area contributed by atoms with Gasteiger partial charge in [0.05, 0.1) is 5.69 Å². The van der Waals surface area contributed by atoms with Gasteiger partial charge in [-0.2, -0.15) is 4.31 Å². The van der Waals surface area contributed by atoms with E-state index in [0.29, 0.717) is 19.5 Å². The maximum absolute atomic E-state index is 12.3. The van der Waals surface area contributed by atoms with Gasteiger partial charge in [-0.25, -0.2) is 8.42 Å². The summed E-state index contributed by atoms with van der Waals surface area (Å²) < 4.78 is 26.0. The molecule has 1 fully saturated rings. The van der Waals surface area contributed by atoms with Crippen LogP contribution in [0.25, 0.3) is 0 Å². The van der Waals surface area contributed by atoms with Crippen molar-refractivity contribution in [3.05, 3.63) is 24.3 Å². The number of rotatable bonds is 3. The van der Waals surface area contributed by atoms with E-state index in [2.05, 4.69) is 0 Å². The molecule has 0 saturated carbocycles. The van der Waals surface area contributed by atoms with Crippen molar-refractivity contribution < 1.29 is 13.5 Å². The Morgan fingerprint density at radius 2 is 2.12 bits per heavy atom. The minimum atomic E-state index is -3.52. The fourth-order valence-corrected chi connectivity index (χ4v) is 3.67. The van der Waals surface area contributed by atoms with Crippen LogP contribution in [0.3, 0.4) is 0 Å². The lowest BCUT2D eigenvalue weighted by Crippen LogP contribution is -2.29. The van der Waals surface area contributed by atoms with Crippen LogP contribution in [0.4, 0.5) is 5.69 Å². The molecule has 1 saturated heterocycles. The zero-order valence-corrected chi connectivity index (χ0v) is 10.2. The summed E-state index contributed by atoms with van der Waals surface area (Å²) in [5.41, 5.74) is 5.95. The quantitative estimate of drug-likeness (QED) is 0.760. The number of nitrogens with zero attached hydrogens (tertiary/aromatic N) is 1. The molecule has 1 aliphatic heterocycles. The van der Waals surface area contributed by atoms with E-state index < -0.39 is 10.0 Å². The molecular weight excluding hydrogens is 240 g/mol. The molecule has 5 nitrogen and oxygen atoms in total. The van der Waals surface area contributed by atoms with Crippen molar-refractivity contribution in [1.29, 1.82) is 0 Å². The predicted octanol–water partition coefficient (Wildman–Crippen LogP) is 0.272. The van der Waals surface area contributed by atoms with E-state index in [1.54, 1.807) is 18.2 Å². The number of anilines is 1. The number of benzene rings is 1. The summed E-state index contributed by atoms with van der Waals surface area (Å²) in [7, 11) is -3.52. The summed E-state index contributed by atoms with van der Waals surface area (Å²) in [6, 6.07) is 6.45. The summed E-state index contributed by atoms with van der Waals surface area (Å²) in [5.74, 6) is 0.0368. The molecule has 6 heteroatoms. The number of nitrogens with two attached hydrogens (primary N) is 1. The number of para-hydroxylation sites is 1. The summed E-state index contributed by atoms with van der Waals surface area (Å²) in [6.07, 6.45) is 0.697. The Morgan fingerprint density at radius 3 is 2.71 bits per heavy atom. The van der Waals surface area contributed by atoms with Crippen molar-refractivity contribution >= 4 is 15.7 Å². The molecule has 3 N–H and O–H groups in total. The topological polar surface area (TPSA) is 83.6 Å². The highest BCUT2D eigenvalue weighted by Crippen LogP contribution is 2.26. The Hall–Kier alpha value is -1.11. The number of hydrogen-bond acceptors (Lipinski definition) is 4. The van der Waals surface area contributed by atoms with Crippen LogP contribution in [-0.2, 0) is 10.0 Å². The Morgan fingerprint density at radius 1 is 1.41 bits per heavy atom. The number of nitrogen functional groups attached to an aromatic ring is 1. The normalized spacial score (nSPS) is 21.8. The highest BCUT2D eigenvalue weighted by molar-refractivity contribution is 7.89. The molecule has 0 unspecified atom stereocenters. The standard InChI is InChI=1S/C11H16N2O3S/c12-10-3-1-2-4-11(10)17(15,16)13-6-5-9(7-13)8-14/h1-4,9,14H,5-8,12H2/t9-/m1/s1. The van der Waals surface area contributed by atoms with E-state index in [9.17, 15) is 8.42 Å². The molecule has 0 aromatic heterocycles. The Balaban J connectivity index is 2.29. The van der Waals surface area contributed by atoms with Gasteiger partial charge in [0, 0.05) is 19.7 Å². The molecule has 1 heterocycles. The van der Waals surface area contributed by atoms with Gasteiger partial charge in [0.2, 0.25) is 10.0 Å². The third kappa shape index (κ3) is 2.29. The van der Waals surface area contributed by atoms with E-state index >= 15 is 0 Å². The minimum absolute atomic E-state index is 0.0241. The zero-order chi connectivity index (χ0) is 12.5. The van der Waals surface area contributed by atoms with Gasteiger partial charge in [-0.1, -0.05) is 12.1 Å². The Bertz CT molecular complexity index is 501. The van der Waals surface area contributed by atoms with Crippen molar-refractivity contribution in [3.63, 3.8) is 0 Å². The van der Waals surface area contributed by atoms with Gasteiger partial charge in [-0.15, -0.1) is 0 Å². The number of aliphatic hydroxyl groups is 1. The lowest BCUT2D eigenvalue weighted by atomic mass is 10.1. The fraction of sp³-hybridized carbons (Fsp3) is 0.455. The van der Waals surface area contributed by atoms with E-state index in [-0.39, 0.29) is 23.1 Å². The van der Waals surface area contributed by atoms with Gasteiger partial charge in [-0.3, -0.25) is 0 Å². The van der Waals surface area contributed by atoms with E-state index in [0.717, 1.165) is 0 Å². The van der Waals surface area contributed by atoms with Gasteiger partial charge in [0.15, 0.2) is 0 Å². The summed E-state index contributed by atoms with van der Waals surface area (Å²) in [6.45, 7) is 0.839. The average Bonchev–Trinajstić information content (AvgIpc) is 2.78. The molecule has 0 aliphatic carbocycles. The molecule has 2 rings (SSSR count). The monoisotopic (exact) mass is 256 g/mol. The SMILES string of the molecule is Nc1ccccc1S(=O)(=O)N1CC[C@@H](CO)C1. The lowest BCUT2D eigenvalue weighted by molar-refractivity contribution is 0.233. The van der Waals surface area contributed by atoms with Gasteiger partial charge >= 0.3 is 0 Å². The van der Waals surface area contributed by atoms with Crippen LogP contribution >= 0.6 is 0 Å². The third-order valence-electron chi connectivity index (χ3n) is 3.04. The van der Waals surface area contributed by atoms with Gasteiger partial charge in [-0.05, 0) is 24.5 Å². The van der Waals surface area contributed by atoms with Gasteiger partial charge in [0.25, 0.3) is 0 Å². The first-order valence-electron chi connectivity index (χ1n) is 5.51. The molecule has 1 atom stereocenters. The van der Waals surface area contributed by atoms with Crippen LogP contribution in [0.5, 0.6) is 0 Å². The van der Waals surface area contributed by atoms with Crippen molar-refractivity contribution in [1.82, 2.24) is 4.31 Å². The highest BCUT2D eigenvalue weighted by atomic mass is 32.2. The molecule has 0 amide bonds. The number of sulfonamides is 1. The van der Waals surface area contributed by atoms with Crippen molar-refractivity contribution in [3.8, 4) is 0 Å². The first-order chi connectivity index (χ1) is 8.05. The predicted molar refractivity (Wildman–Crippen MR) is 64.8 cm³/mol. The largest absolute Gasteiger partial charge is 0.398 e. The molecular formula is C11H16N2O3S. The Kier molecular flexibility index (Phi) is 3.37. The maximum Gasteiger partial charge on any atom is 0.245 e. The average molecular weight is 256 g/mol. The van der Waals surface area contributed by atoms with E-state index in [4.69, 9.17) is 10.8 Å². The molecule has 0 spiro atoms. The Labute approximate surface area is 101 Å². The molecule has 0 radical (unpaired) electrons. The molecule has 94 valence electrons. The smallest absolute Gasteiger partial charge is 0.245 e. The molecule has 0 bridgehead atoms. The first-order valence-corrected chi connectivity index (χ1v) is 6.95. The van der Waals surface area contributed by atoms with Crippen molar-refractivity contribution in [2.75, 3.05) is 25.4 Å². The minimum Gasteiger partial charge on any atom is -0.398 e. The number of aliphatic hydroxyl groups excluding tert-OH is 1. The second-order valence-electron chi connectivity index (χ2n) is 4.24. The summed E-state index contributed by atoms with van der Waals surface area (Å²) >= 11 is 0. The maximum atomic E-state index is 12.3. The zero-order valence-electron chi connectivity index (χ0n) is 9.41. The van der Waals surface area contributed by atoms with E-state index in [1.165, 1.54) is 10.4 Å². The lowest BCUT2D eigenvalue weighted by Gasteiger charge is -2.17. The van der Waals surface area contributed by atoms with Gasteiger partial charge < -0.3 is 10.8 Å². The van der Waals surface area contributed by atoms with Crippen LogP contribution < -0.4 is 5.73 Å². The fourth-order valence-electron chi connectivity index (χ4n) is 2.02.